The first-order valence-corrected chi connectivity index (χ1v) is 7.92. The van der Waals surface area contributed by atoms with E-state index in [1.54, 1.807) is 12.3 Å². The van der Waals surface area contributed by atoms with Crippen LogP contribution < -0.4 is 0 Å². The molecule has 1 amide bonds. The van der Waals surface area contributed by atoms with Gasteiger partial charge in [-0.15, -0.1) is 0 Å². The van der Waals surface area contributed by atoms with E-state index in [4.69, 9.17) is 0 Å². The molecule has 3 rings (SSSR count). The van der Waals surface area contributed by atoms with Crippen molar-refractivity contribution in [2.45, 2.75) is 25.3 Å². The maximum Gasteiger partial charge on any atom is 0.255 e. The van der Waals surface area contributed by atoms with Gasteiger partial charge in [0, 0.05) is 13.2 Å². The molecule has 0 fully saturated rings. The van der Waals surface area contributed by atoms with E-state index in [0.29, 0.717) is 5.56 Å². The van der Waals surface area contributed by atoms with Gasteiger partial charge in [-0.1, -0.05) is 24.3 Å². The molecule has 21 heavy (non-hydrogen) atoms. The molecule has 1 aromatic carbocycles. The van der Waals surface area contributed by atoms with Gasteiger partial charge >= 0.3 is 0 Å². The lowest BCUT2D eigenvalue weighted by molar-refractivity contribution is 0.0714. The maximum atomic E-state index is 12.6. The summed E-state index contributed by atoms with van der Waals surface area (Å²) in [6.07, 6.45) is 4.87. The van der Waals surface area contributed by atoms with Crippen molar-refractivity contribution in [3.8, 4) is 0 Å². The van der Waals surface area contributed by atoms with Crippen LogP contribution in [0.2, 0.25) is 0 Å². The molecule has 1 aliphatic rings. The largest absolute Gasteiger partial charge is 0.335 e. The Bertz CT molecular complexity index is 654. The Balaban J connectivity index is 1.87. The predicted octanol–water partition coefficient (Wildman–Crippen LogP) is 3.99. The molecule has 1 atom stereocenters. The third-order valence-corrected chi connectivity index (χ3v) is 4.57. The molecule has 1 heterocycles. The van der Waals surface area contributed by atoms with Gasteiger partial charge in [-0.05, 0) is 58.5 Å². The molecule has 0 bridgehead atoms. The maximum absolute atomic E-state index is 12.6. The molecular formula is C17H17BrN2O. The van der Waals surface area contributed by atoms with Crippen LogP contribution >= 0.6 is 15.9 Å². The van der Waals surface area contributed by atoms with Crippen molar-refractivity contribution < 1.29 is 4.79 Å². The minimum Gasteiger partial charge on any atom is -0.335 e. The van der Waals surface area contributed by atoms with E-state index in [1.165, 1.54) is 11.1 Å². The summed E-state index contributed by atoms with van der Waals surface area (Å²) in [5.74, 6) is 0.0247. The molecule has 1 aromatic heterocycles. The lowest BCUT2D eigenvalue weighted by Crippen LogP contribution is -2.33. The third kappa shape index (κ3) is 2.86. The van der Waals surface area contributed by atoms with Crippen molar-refractivity contribution in [3.63, 3.8) is 0 Å². The van der Waals surface area contributed by atoms with E-state index in [1.807, 2.05) is 18.0 Å². The smallest absolute Gasteiger partial charge is 0.255 e. The molecular weight excluding hydrogens is 328 g/mol. The van der Waals surface area contributed by atoms with Gasteiger partial charge in [0.2, 0.25) is 0 Å². The van der Waals surface area contributed by atoms with Gasteiger partial charge in [-0.2, -0.15) is 0 Å². The fourth-order valence-electron chi connectivity index (χ4n) is 2.98. The number of hydrogen-bond acceptors (Lipinski definition) is 2. The van der Waals surface area contributed by atoms with Gasteiger partial charge in [-0.25, -0.2) is 4.98 Å². The van der Waals surface area contributed by atoms with Gasteiger partial charge < -0.3 is 4.90 Å². The Labute approximate surface area is 133 Å². The second-order valence-corrected chi connectivity index (χ2v) is 6.20. The van der Waals surface area contributed by atoms with Crippen LogP contribution in [0.1, 0.15) is 40.4 Å². The molecule has 3 nitrogen and oxygen atoms in total. The zero-order valence-electron chi connectivity index (χ0n) is 11.9. The van der Waals surface area contributed by atoms with Crippen LogP contribution in [-0.2, 0) is 6.42 Å². The molecule has 0 aliphatic heterocycles. The van der Waals surface area contributed by atoms with E-state index >= 15 is 0 Å². The summed E-state index contributed by atoms with van der Waals surface area (Å²) in [6.45, 7) is 0. The molecule has 0 saturated carbocycles. The lowest BCUT2D eigenvalue weighted by atomic mass is 9.87. The van der Waals surface area contributed by atoms with Crippen LogP contribution in [0.25, 0.3) is 0 Å². The highest BCUT2D eigenvalue weighted by molar-refractivity contribution is 9.10. The number of fused-ring (bicyclic) bond motifs is 1. The highest BCUT2D eigenvalue weighted by Gasteiger charge is 2.27. The fourth-order valence-corrected chi connectivity index (χ4v) is 3.21. The molecule has 4 heteroatoms. The van der Waals surface area contributed by atoms with Gasteiger partial charge in [0.25, 0.3) is 5.91 Å². The van der Waals surface area contributed by atoms with Gasteiger partial charge in [-0.3, -0.25) is 4.79 Å². The number of nitrogens with zero attached hydrogens (tertiary/aromatic N) is 2. The summed E-state index contributed by atoms with van der Waals surface area (Å²) in [7, 11) is 1.89. The number of hydrogen-bond donors (Lipinski definition) is 0. The Kier molecular flexibility index (Phi) is 4.06. The second kappa shape index (κ2) is 5.98. The first kappa shape index (κ1) is 14.3. The number of aromatic nitrogens is 1. The number of benzene rings is 1. The average molecular weight is 345 g/mol. The molecule has 1 aliphatic carbocycles. The topological polar surface area (TPSA) is 33.2 Å². The Morgan fingerprint density at radius 1 is 1.29 bits per heavy atom. The number of rotatable bonds is 2. The molecule has 0 saturated heterocycles. The van der Waals surface area contributed by atoms with Gasteiger partial charge in [0.15, 0.2) is 0 Å². The van der Waals surface area contributed by atoms with Crippen LogP contribution in [0.3, 0.4) is 0 Å². The van der Waals surface area contributed by atoms with E-state index in [9.17, 15) is 4.79 Å². The second-order valence-electron chi connectivity index (χ2n) is 5.39. The quantitative estimate of drug-likeness (QED) is 0.771. The van der Waals surface area contributed by atoms with Crippen molar-refractivity contribution in [1.82, 2.24) is 9.88 Å². The first-order chi connectivity index (χ1) is 10.2. The number of halogens is 1. The number of amides is 1. The summed E-state index contributed by atoms with van der Waals surface area (Å²) in [5, 5.41) is 0. The Morgan fingerprint density at radius 3 is 2.86 bits per heavy atom. The Hall–Kier alpha value is -1.68. The highest BCUT2D eigenvalue weighted by Crippen LogP contribution is 2.34. The van der Waals surface area contributed by atoms with Gasteiger partial charge in [0.05, 0.1) is 11.6 Å². The fraction of sp³-hybridized carbons (Fsp3) is 0.294. The highest BCUT2D eigenvalue weighted by atomic mass is 79.9. The number of aryl methyl sites for hydroxylation is 1. The van der Waals surface area contributed by atoms with E-state index < -0.39 is 0 Å². The number of carbonyl (C=O) groups excluding carboxylic acids is 1. The van der Waals surface area contributed by atoms with E-state index in [2.05, 4.69) is 45.2 Å². The van der Waals surface area contributed by atoms with Crippen LogP contribution in [0.5, 0.6) is 0 Å². The number of carbonyl (C=O) groups is 1. The molecule has 1 unspecified atom stereocenters. The standard InChI is InChI=1S/C17H17BrN2O/c1-20(17(21)13-9-10-16(18)19-11-13)15-8-4-6-12-5-2-3-7-14(12)15/h2-3,5,7,9-11,15H,4,6,8H2,1H3. The predicted molar refractivity (Wildman–Crippen MR) is 86.2 cm³/mol. The van der Waals surface area contributed by atoms with Crippen LogP contribution in [-0.4, -0.2) is 22.8 Å². The minimum absolute atomic E-state index is 0.0247. The molecule has 0 N–H and O–H groups in total. The van der Waals surface area contributed by atoms with Crippen molar-refractivity contribution in [2.75, 3.05) is 7.05 Å². The summed E-state index contributed by atoms with van der Waals surface area (Å²) >= 11 is 3.29. The van der Waals surface area contributed by atoms with Crippen LogP contribution in [0, 0.1) is 0 Å². The summed E-state index contributed by atoms with van der Waals surface area (Å²) in [4.78, 5) is 18.6. The molecule has 0 spiro atoms. The summed E-state index contributed by atoms with van der Waals surface area (Å²) in [5.41, 5.74) is 3.27. The zero-order chi connectivity index (χ0) is 14.8. The summed E-state index contributed by atoms with van der Waals surface area (Å²) in [6, 6.07) is 12.2. The van der Waals surface area contributed by atoms with Crippen molar-refractivity contribution in [3.05, 3.63) is 63.9 Å². The molecule has 2 aromatic rings. The minimum atomic E-state index is 0.0247. The van der Waals surface area contributed by atoms with Crippen LogP contribution in [0.15, 0.2) is 47.2 Å². The van der Waals surface area contributed by atoms with Crippen molar-refractivity contribution in [2.24, 2.45) is 0 Å². The third-order valence-electron chi connectivity index (χ3n) is 4.10. The SMILES string of the molecule is CN(C(=O)c1ccc(Br)nc1)C1CCCc2ccccc21. The van der Waals surface area contributed by atoms with E-state index in [-0.39, 0.29) is 11.9 Å². The number of pyridine rings is 1. The van der Waals surface area contributed by atoms with Gasteiger partial charge in [0.1, 0.15) is 4.60 Å². The molecule has 108 valence electrons. The van der Waals surface area contributed by atoms with Crippen LogP contribution in [0.4, 0.5) is 0 Å². The van der Waals surface area contributed by atoms with E-state index in [0.717, 1.165) is 23.9 Å². The normalized spacial score (nSPS) is 17.1. The molecule has 0 radical (unpaired) electrons. The lowest BCUT2D eigenvalue weighted by Gasteiger charge is -2.33. The van der Waals surface area contributed by atoms with Crippen molar-refractivity contribution in [1.29, 1.82) is 0 Å². The summed E-state index contributed by atoms with van der Waals surface area (Å²) < 4.78 is 0.740. The van der Waals surface area contributed by atoms with Crippen molar-refractivity contribution >= 4 is 21.8 Å². The monoisotopic (exact) mass is 344 g/mol. The zero-order valence-corrected chi connectivity index (χ0v) is 13.5. The Morgan fingerprint density at radius 2 is 2.10 bits per heavy atom. The first-order valence-electron chi connectivity index (χ1n) is 7.13. The average Bonchev–Trinajstić information content (AvgIpc) is 2.53.